The standard InChI is InChI=1S/C14H12Br2F3NS/c1-20-12(7-9-3-5-13(16)21-9)10-4-2-8(15)6-11(10)14(17,18)19/h2-6,12,20H,7H2,1H3. The van der Waals surface area contributed by atoms with E-state index in [1.165, 1.54) is 17.4 Å². The van der Waals surface area contributed by atoms with Crippen LogP contribution < -0.4 is 5.32 Å². The van der Waals surface area contributed by atoms with Crippen LogP contribution in [0.15, 0.2) is 38.6 Å². The van der Waals surface area contributed by atoms with Gasteiger partial charge in [0, 0.05) is 21.8 Å². The Morgan fingerprint density at radius 2 is 1.90 bits per heavy atom. The van der Waals surface area contributed by atoms with Crippen LogP contribution in [0.1, 0.15) is 22.0 Å². The van der Waals surface area contributed by atoms with Gasteiger partial charge in [-0.3, -0.25) is 0 Å². The molecule has 1 heterocycles. The second-order valence-corrected chi connectivity index (χ2v) is 7.94. The second-order valence-electron chi connectivity index (χ2n) is 4.48. The van der Waals surface area contributed by atoms with E-state index in [4.69, 9.17) is 0 Å². The monoisotopic (exact) mass is 441 g/mol. The molecule has 7 heteroatoms. The van der Waals surface area contributed by atoms with E-state index in [1.807, 2.05) is 12.1 Å². The summed E-state index contributed by atoms with van der Waals surface area (Å²) in [7, 11) is 1.68. The molecule has 1 unspecified atom stereocenters. The number of hydrogen-bond acceptors (Lipinski definition) is 2. The highest BCUT2D eigenvalue weighted by molar-refractivity contribution is 9.11. The van der Waals surface area contributed by atoms with E-state index in [1.54, 1.807) is 13.1 Å². The Morgan fingerprint density at radius 3 is 2.43 bits per heavy atom. The second kappa shape index (κ2) is 6.81. The molecular weight excluding hydrogens is 431 g/mol. The highest BCUT2D eigenvalue weighted by Gasteiger charge is 2.35. The maximum absolute atomic E-state index is 13.2. The lowest BCUT2D eigenvalue weighted by Crippen LogP contribution is -2.22. The van der Waals surface area contributed by atoms with E-state index < -0.39 is 11.7 Å². The fourth-order valence-electron chi connectivity index (χ4n) is 2.11. The minimum Gasteiger partial charge on any atom is -0.313 e. The normalized spacial score (nSPS) is 13.4. The molecule has 0 amide bonds. The van der Waals surface area contributed by atoms with Crippen molar-refractivity contribution in [3.63, 3.8) is 0 Å². The Bertz CT molecular complexity index is 625. The number of benzene rings is 1. The zero-order valence-corrected chi connectivity index (χ0v) is 15.0. The van der Waals surface area contributed by atoms with Crippen molar-refractivity contribution < 1.29 is 13.2 Å². The van der Waals surface area contributed by atoms with Crippen LogP contribution in [0.3, 0.4) is 0 Å². The van der Waals surface area contributed by atoms with Gasteiger partial charge in [-0.15, -0.1) is 11.3 Å². The van der Waals surface area contributed by atoms with Crippen molar-refractivity contribution in [3.8, 4) is 0 Å². The Hall–Kier alpha value is -0.370. The third kappa shape index (κ3) is 4.31. The van der Waals surface area contributed by atoms with Crippen LogP contribution in [0.25, 0.3) is 0 Å². The molecule has 0 bridgehead atoms. The molecule has 0 saturated carbocycles. The number of halogens is 5. The topological polar surface area (TPSA) is 12.0 Å². The van der Waals surface area contributed by atoms with Gasteiger partial charge in [0.1, 0.15) is 0 Å². The largest absolute Gasteiger partial charge is 0.416 e. The van der Waals surface area contributed by atoms with E-state index in [9.17, 15) is 13.2 Å². The van der Waals surface area contributed by atoms with Crippen LogP contribution in [0.4, 0.5) is 13.2 Å². The summed E-state index contributed by atoms with van der Waals surface area (Å²) in [5.74, 6) is 0. The fourth-order valence-corrected chi connectivity index (χ4v) is 4.00. The van der Waals surface area contributed by atoms with Crippen LogP contribution in [-0.2, 0) is 12.6 Å². The predicted molar refractivity (Wildman–Crippen MR) is 86.7 cm³/mol. The highest BCUT2D eigenvalue weighted by atomic mass is 79.9. The lowest BCUT2D eigenvalue weighted by Gasteiger charge is -2.21. The van der Waals surface area contributed by atoms with E-state index in [-0.39, 0.29) is 11.6 Å². The molecule has 0 saturated heterocycles. The summed E-state index contributed by atoms with van der Waals surface area (Å²) < 4.78 is 41.0. The van der Waals surface area contributed by atoms with Gasteiger partial charge in [-0.05, 0) is 52.8 Å². The molecule has 1 N–H and O–H groups in total. The first-order valence-corrected chi connectivity index (χ1v) is 8.49. The molecule has 1 atom stereocenters. The van der Waals surface area contributed by atoms with Gasteiger partial charge < -0.3 is 5.32 Å². The van der Waals surface area contributed by atoms with E-state index in [0.29, 0.717) is 10.9 Å². The van der Waals surface area contributed by atoms with Gasteiger partial charge in [0.2, 0.25) is 0 Å². The van der Waals surface area contributed by atoms with Gasteiger partial charge in [0.15, 0.2) is 0 Å². The van der Waals surface area contributed by atoms with E-state index >= 15 is 0 Å². The van der Waals surface area contributed by atoms with Crippen molar-refractivity contribution in [2.45, 2.75) is 18.6 Å². The number of hydrogen-bond donors (Lipinski definition) is 1. The molecule has 0 aliphatic rings. The summed E-state index contributed by atoms with van der Waals surface area (Å²) in [6.07, 6.45) is -3.86. The molecule has 0 spiro atoms. The Labute approximate surface area is 141 Å². The third-order valence-electron chi connectivity index (χ3n) is 3.08. The lowest BCUT2D eigenvalue weighted by atomic mass is 9.97. The smallest absolute Gasteiger partial charge is 0.313 e. The molecule has 1 nitrogen and oxygen atoms in total. The molecule has 0 fully saturated rings. The molecular formula is C14H12Br2F3NS. The molecule has 1 aromatic carbocycles. The molecule has 0 aliphatic heterocycles. The van der Waals surface area contributed by atoms with Crippen molar-refractivity contribution in [3.05, 3.63) is 54.6 Å². The summed E-state index contributed by atoms with van der Waals surface area (Å²) in [6, 6.07) is 7.73. The van der Waals surface area contributed by atoms with Crippen LogP contribution in [-0.4, -0.2) is 7.05 Å². The van der Waals surface area contributed by atoms with Crippen molar-refractivity contribution in [2.24, 2.45) is 0 Å². The highest BCUT2D eigenvalue weighted by Crippen LogP contribution is 2.37. The summed E-state index contributed by atoms with van der Waals surface area (Å²) in [5, 5.41) is 2.98. The molecule has 1 aromatic heterocycles. The maximum atomic E-state index is 13.2. The zero-order valence-electron chi connectivity index (χ0n) is 11.0. The Balaban J connectivity index is 2.38. The van der Waals surface area contributed by atoms with Gasteiger partial charge in [-0.25, -0.2) is 0 Å². The van der Waals surface area contributed by atoms with Gasteiger partial charge in [-0.2, -0.15) is 13.2 Å². The molecule has 114 valence electrons. The van der Waals surface area contributed by atoms with E-state index in [0.717, 1.165) is 14.7 Å². The van der Waals surface area contributed by atoms with Crippen molar-refractivity contribution in [1.29, 1.82) is 0 Å². The minimum absolute atomic E-state index is 0.262. The van der Waals surface area contributed by atoms with Crippen molar-refractivity contribution in [1.82, 2.24) is 5.32 Å². The van der Waals surface area contributed by atoms with Crippen LogP contribution in [0.2, 0.25) is 0 Å². The first-order chi connectivity index (χ1) is 9.81. The third-order valence-corrected chi connectivity index (χ3v) is 5.22. The zero-order chi connectivity index (χ0) is 15.6. The van der Waals surface area contributed by atoms with Crippen LogP contribution >= 0.6 is 43.2 Å². The lowest BCUT2D eigenvalue weighted by molar-refractivity contribution is -0.138. The quantitative estimate of drug-likeness (QED) is 0.631. The first-order valence-electron chi connectivity index (χ1n) is 6.09. The first kappa shape index (κ1) is 17.0. The van der Waals surface area contributed by atoms with Crippen molar-refractivity contribution >= 4 is 43.2 Å². The number of rotatable bonds is 4. The Morgan fingerprint density at radius 1 is 1.19 bits per heavy atom. The maximum Gasteiger partial charge on any atom is 0.416 e. The fraction of sp³-hybridized carbons (Fsp3) is 0.286. The van der Waals surface area contributed by atoms with Crippen LogP contribution in [0.5, 0.6) is 0 Å². The molecule has 2 rings (SSSR count). The van der Waals surface area contributed by atoms with Crippen LogP contribution in [0, 0.1) is 0 Å². The average molecular weight is 443 g/mol. The summed E-state index contributed by atoms with van der Waals surface area (Å²) >= 11 is 8.00. The summed E-state index contributed by atoms with van der Waals surface area (Å²) in [4.78, 5) is 1.03. The number of thiophene rings is 1. The average Bonchev–Trinajstić information content (AvgIpc) is 2.81. The predicted octanol–water partition coefficient (Wildman–Crippen LogP) is 5.80. The Kier molecular flexibility index (Phi) is 5.51. The molecule has 0 aliphatic carbocycles. The molecule has 0 radical (unpaired) electrons. The number of likely N-dealkylation sites (N-methyl/N-ethyl adjacent to an activating group) is 1. The number of alkyl halides is 3. The summed E-state index contributed by atoms with van der Waals surface area (Å²) in [6.45, 7) is 0. The van der Waals surface area contributed by atoms with E-state index in [2.05, 4.69) is 37.2 Å². The van der Waals surface area contributed by atoms with Gasteiger partial charge >= 0.3 is 6.18 Å². The summed E-state index contributed by atoms with van der Waals surface area (Å²) in [5.41, 5.74) is -0.343. The molecule has 21 heavy (non-hydrogen) atoms. The van der Waals surface area contributed by atoms with Gasteiger partial charge in [-0.1, -0.05) is 22.0 Å². The van der Waals surface area contributed by atoms with Gasteiger partial charge in [0.25, 0.3) is 0 Å². The molecule has 2 aromatic rings. The number of nitrogens with one attached hydrogen (secondary N) is 1. The van der Waals surface area contributed by atoms with Crippen molar-refractivity contribution in [2.75, 3.05) is 7.05 Å². The SMILES string of the molecule is CNC(Cc1ccc(Br)s1)c1ccc(Br)cc1C(F)(F)F. The minimum atomic E-state index is -4.37. The van der Waals surface area contributed by atoms with Gasteiger partial charge in [0.05, 0.1) is 9.35 Å².